The van der Waals surface area contributed by atoms with Crippen LogP contribution in [0.5, 0.6) is 11.5 Å². The molecule has 1 aromatic rings. The molecule has 0 unspecified atom stereocenters. The monoisotopic (exact) mass is 304 g/mol. The van der Waals surface area contributed by atoms with Crippen LogP contribution in [0.1, 0.15) is 33.1 Å². The number of ether oxygens (including phenoxy) is 2. The third-order valence-electron chi connectivity index (χ3n) is 4.02. The van der Waals surface area contributed by atoms with Crippen molar-refractivity contribution in [3.05, 3.63) is 24.3 Å². The number of nitrogens with one attached hydrogen (secondary N) is 1. The van der Waals surface area contributed by atoms with Crippen LogP contribution in [0, 0.1) is 11.8 Å². The van der Waals surface area contributed by atoms with E-state index in [2.05, 4.69) is 24.4 Å². The summed E-state index contributed by atoms with van der Waals surface area (Å²) in [6.45, 7) is 4.27. The second kappa shape index (κ2) is 7.82. The molecule has 1 aliphatic rings. The van der Waals surface area contributed by atoms with Crippen molar-refractivity contribution < 1.29 is 14.3 Å². The van der Waals surface area contributed by atoms with Gasteiger partial charge in [-0.25, -0.2) is 5.43 Å². The molecule has 0 spiro atoms. The molecule has 0 radical (unpaired) electrons. The second-order valence-electron chi connectivity index (χ2n) is 5.77. The van der Waals surface area contributed by atoms with Crippen LogP contribution in [0.4, 0.5) is 0 Å². The molecule has 2 rings (SSSR count). The highest BCUT2D eigenvalue weighted by atomic mass is 16.5. The first kappa shape index (κ1) is 16.3. The number of rotatable bonds is 5. The Labute approximate surface area is 131 Å². The van der Waals surface area contributed by atoms with Gasteiger partial charge >= 0.3 is 0 Å². The zero-order valence-electron chi connectivity index (χ0n) is 13.5. The first-order chi connectivity index (χ1) is 10.6. The zero-order valence-corrected chi connectivity index (χ0v) is 13.5. The molecule has 1 amide bonds. The number of nitrogens with zero attached hydrogens (tertiary/aromatic N) is 1. The van der Waals surface area contributed by atoms with Crippen molar-refractivity contribution in [3.8, 4) is 11.5 Å². The van der Waals surface area contributed by atoms with Crippen LogP contribution < -0.4 is 14.9 Å². The van der Waals surface area contributed by atoms with Gasteiger partial charge < -0.3 is 9.47 Å². The molecule has 1 aromatic carbocycles. The summed E-state index contributed by atoms with van der Waals surface area (Å²) in [7, 11) is 1.61. The molecule has 5 heteroatoms. The molecule has 1 saturated carbocycles. The molecule has 0 heterocycles. The normalized spacial score (nSPS) is 21.1. The van der Waals surface area contributed by atoms with Gasteiger partial charge in [-0.3, -0.25) is 4.79 Å². The van der Waals surface area contributed by atoms with Gasteiger partial charge in [0.05, 0.1) is 7.11 Å². The maximum atomic E-state index is 11.8. The van der Waals surface area contributed by atoms with Gasteiger partial charge in [-0.15, -0.1) is 0 Å². The maximum absolute atomic E-state index is 11.8. The molecule has 0 bridgehead atoms. The van der Waals surface area contributed by atoms with Crippen LogP contribution in [0.3, 0.4) is 0 Å². The zero-order chi connectivity index (χ0) is 15.9. The van der Waals surface area contributed by atoms with Crippen LogP contribution in [0.25, 0.3) is 0 Å². The lowest BCUT2D eigenvalue weighted by Crippen LogP contribution is -2.31. The Morgan fingerprint density at radius 3 is 2.36 bits per heavy atom. The highest BCUT2D eigenvalue weighted by Gasteiger charge is 2.23. The molecule has 5 nitrogen and oxygen atoms in total. The number of hydrogen-bond acceptors (Lipinski definition) is 4. The minimum absolute atomic E-state index is 0.0497. The third-order valence-corrected chi connectivity index (χ3v) is 4.02. The van der Waals surface area contributed by atoms with Gasteiger partial charge in [-0.1, -0.05) is 20.3 Å². The summed E-state index contributed by atoms with van der Waals surface area (Å²) in [6.07, 6.45) is 3.51. The van der Waals surface area contributed by atoms with Gasteiger partial charge in [0.2, 0.25) is 0 Å². The second-order valence-corrected chi connectivity index (χ2v) is 5.77. The summed E-state index contributed by atoms with van der Waals surface area (Å²) in [5.74, 6) is 2.01. The molecule has 1 aliphatic carbocycles. The molecular formula is C17H24N2O3. The number of hydrogen-bond donors (Lipinski definition) is 1. The molecule has 0 aliphatic heterocycles. The standard InChI is InChI=1S/C17H24N2O3/c1-12-5-4-6-13(2)17(12)19-18-16(20)11-22-15-9-7-14(21-3)8-10-15/h7-10,12-13H,4-6,11H2,1-3H3,(H,18,20)/t12-,13-/m1/s1. The summed E-state index contributed by atoms with van der Waals surface area (Å²) in [4.78, 5) is 11.8. The Balaban J connectivity index is 1.82. The molecule has 0 aromatic heterocycles. The Bertz CT molecular complexity index is 513. The van der Waals surface area contributed by atoms with Crippen LogP contribution in [0.15, 0.2) is 29.4 Å². The number of amides is 1. The van der Waals surface area contributed by atoms with E-state index in [-0.39, 0.29) is 12.5 Å². The van der Waals surface area contributed by atoms with E-state index in [1.54, 1.807) is 31.4 Å². The Morgan fingerprint density at radius 2 is 1.77 bits per heavy atom. The molecule has 120 valence electrons. The first-order valence-electron chi connectivity index (χ1n) is 7.73. The molecule has 2 atom stereocenters. The van der Waals surface area contributed by atoms with Crippen molar-refractivity contribution in [1.29, 1.82) is 0 Å². The Hall–Kier alpha value is -2.04. The number of carbonyl (C=O) groups is 1. The lowest BCUT2D eigenvalue weighted by atomic mass is 9.81. The van der Waals surface area contributed by atoms with Crippen LogP contribution >= 0.6 is 0 Å². The van der Waals surface area contributed by atoms with Crippen molar-refractivity contribution in [2.24, 2.45) is 16.9 Å². The number of hydrazone groups is 1. The largest absolute Gasteiger partial charge is 0.497 e. The molecule has 22 heavy (non-hydrogen) atoms. The fourth-order valence-corrected chi connectivity index (χ4v) is 2.71. The van der Waals surface area contributed by atoms with E-state index < -0.39 is 0 Å². The van der Waals surface area contributed by atoms with E-state index in [1.165, 1.54) is 6.42 Å². The highest BCUT2D eigenvalue weighted by Crippen LogP contribution is 2.25. The summed E-state index contributed by atoms with van der Waals surface area (Å²) in [5, 5.41) is 4.30. The number of carbonyl (C=O) groups excluding carboxylic acids is 1. The van der Waals surface area contributed by atoms with Gasteiger partial charge in [0, 0.05) is 5.71 Å². The SMILES string of the molecule is COc1ccc(OCC(=O)NN=C2[C@H](C)CCC[C@H]2C)cc1. The van der Waals surface area contributed by atoms with E-state index in [9.17, 15) is 4.79 Å². The molecular weight excluding hydrogens is 280 g/mol. The summed E-state index contributed by atoms with van der Waals surface area (Å²) < 4.78 is 10.5. The molecule has 0 saturated heterocycles. The van der Waals surface area contributed by atoms with Crippen molar-refractivity contribution in [1.82, 2.24) is 5.43 Å². The van der Waals surface area contributed by atoms with Crippen molar-refractivity contribution >= 4 is 11.6 Å². The number of methoxy groups -OCH3 is 1. The van der Waals surface area contributed by atoms with E-state index in [0.29, 0.717) is 17.6 Å². The first-order valence-corrected chi connectivity index (χ1v) is 7.73. The fraction of sp³-hybridized carbons (Fsp3) is 0.529. The van der Waals surface area contributed by atoms with Crippen molar-refractivity contribution in [3.63, 3.8) is 0 Å². The fourth-order valence-electron chi connectivity index (χ4n) is 2.71. The predicted molar refractivity (Wildman–Crippen MR) is 86.2 cm³/mol. The van der Waals surface area contributed by atoms with Gasteiger partial charge in [-0.2, -0.15) is 5.10 Å². The quantitative estimate of drug-likeness (QED) is 0.851. The van der Waals surface area contributed by atoms with E-state index >= 15 is 0 Å². The van der Waals surface area contributed by atoms with E-state index in [1.807, 2.05) is 0 Å². The third kappa shape index (κ3) is 4.48. The van der Waals surface area contributed by atoms with E-state index in [4.69, 9.17) is 9.47 Å². The van der Waals surface area contributed by atoms with Crippen molar-refractivity contribution in [2.75, 3.05) is 13.7 Å². The summed E-state index contributed by atoms with van der Waals surface area (Å²) in [6, 6.07) is 7.12. The van der Waals surface area contributed by atoms with Crippen LogP contribution in [-0.2, 0) is 4.79 Å². The number of benzene rings is 1. The van der Waals surface area contributed by atoms with Gasteiger partial charge in [0.25, 0.3) is 5.91 Å². The molecule has 1 fully saturated rings. The Morgan fingerprint density at radius 1 is 1.18 bits per heavy atom. The van der Waals surface area contributed by atoms with Crippen LogP contribution in [-0.4, -0.2) is 25.3 Å². The predicted octanol–water partition coefficient (Wildman–Crippen LogP) is 3.00. The lowest BCUT2D eigenvalue weighted by Gasteiger charge is -2.26. The minimum Gasteiger partial charge on any atom is -0.497 e. The smallest absolute Gasteiger partial charge is 0.277 e. The lowest BCUT2D eigenvalue weighted by molar-refractivity contribution is -0.123. The van der Waals surface area contributed by atoms with Crippen LogP contribution in [0.2, 0.25) is 0 Å². The summed E-state index contributed by atoms with van der Waals surface area (Å²) in [5.41, 5.74) is 3.69. The summed E-state index contributed by atoms with van der Waals surface area (Å²) >= 11 is 0. The van der Waals surface area contributed by atoms with Gasteiger partial charge in [0.1, 0.15) is 11.5 Å². The average molecular weight is 304 g/mol. The van der Waals surface area contributed by atoms with Crippen molar-refractivity contribution in [2.45, 2.75) is 33.1 Å². The topological polar surface area (TPSA) is 59.9 Å². The van der Waals surface area contributed by atoms with Gasteiger partial charge in [0.15, 0.2) is 6.61 Å². The Kier molecular flexibility index (Phi) is 5.81. The maximum Gasteiger partial charge on any atom is 0.277 e. The molecule has 1 N–H and O–H groups in total. The minimum atomic E-state index is -0.242. The van der Waals surface area contributed by atoms with E-state index in [0.717, 1.165) is 24.3 Å². The highest BCUT2D eigenvalue weighted by molar-refractivity contribution is 5.90. The average Bonchev–Trinajstić information content (AvgIpc) is 2.53. The van der Waals surface area contributed by atoms with Gasteiger partial charge in [-0.05, 0) is 48.9 Å².